The van der Waals surface area contributed by atoms with E-state index in [0.717, 1.165) is 16.7 Å². The molecule has 0 aromatic heterocycles. The normalized spacial score (nSPS) is 11.4. The van der Waals surface area contributed by atoms with Crippen molar-refractivity contribution in [2.75, 3.05) is 7.05 Å². The molecule has 0 radical (unpaired) electrons. The van der Waals surface area contributed by atoms with Crippen LogP contribution >= 0.6 is 0 Å². The van der Waals surface area contributed by atoms with Crippen LogP contribution in [0.2, 0.25) is 0 Å². The Labute approximate surface area is 170 Å². The van der Waals surface area contributed by atoms with Gasteiger partial charge in [-0.3, -0.25) is 9.59 Å². The van der Waals surface area contributed by atoms with E-state index in [-0.39, 0.29) is 11.8 Å². The molecule has 2 amide bonds. The van der Waals surface area contributed by atoms with Crippen LogP contribution in [0.5, 0.6) is 5.75 Å². The quantitative estimate of drug-likeness (QED) is 0.647. The molecule has 3 aromatic rings. The summed E-state index contributed by atoms with van der Waals surface area (Å²) in [4.78, 5) is 24.1. The van der Waals surface area contributed by atoms with E-state index in [0.29, 0.717) is 17.9 Å². The number of carbonyl (C=O) groups excluding carboxylic acids is 2. The largest absolute Gasteiger partial charge is 0.481 e. The van der Waals surface area contributed by atoms with Crippen molar-refractivity contribution in [1.82, 2.24) is 10.6 Å². The lowest BCUT2D eigenvalue weighted by Gasteiger charge is -2.15. The summed E-state index contributed by atoms with van der Waals surface area (Å²) in [7, 11) is 1.59. The van der Waals surface area contributed by atoms with Crippen molar-refractivity contribution in [2.24, 2.45) is 0 Å². The molecule has 3 rings (SSSR count). The maximum absolute atomic E-state index is 12.4. The fourth-order valence-corrected chi connectivity index (χ4v) is 2.91. The molecule has 2 N–H and O–H groups in total. The summed E-state index contributed by atoms with van der Waals surface area (Å²) in [6.45, 7) is 2.03. The van der Waals surface area contributed by atoms with Gasteiger partial charge in [-0.05, 0) is 47.9 Å². The second-order valence-corrected chi connectivity index (χ2v) is 6.65. The highest BCUT2D eigenvalue weighted by Gasteiger charge is 2.14. The van der Waals surface area contributed by atoms with Gasteiger partial charge in [0.2, 0.25) is 0 Å². The van der Waals surface area contributed by atoms with Crippen LogP contribution in [0.3, 0.4) is 0 Å². The third kappa shape index (κ3) is 5.45. The highest BCUT2D eigenvalue weighted by Crippen LogP contribution is 2.22. The van der Waals surface area contributed by atoms with E-state index in [4.69, 9.17) is 4.74 Å². The van der Waals surface area contributed by atoms with Crippen LogP contribution in [0.4, 0.5) is 0 Å². The number of rotatable bonds is 7. The van der Waals surface area contributed by atoms with Crippen molar-refractivity contribution >= 4 is 11.8 Å². The summed E-state index contributed by atoms with van der Waals surface area (Å²) in [5, 5.41) is 5.43. The molecule has 0 bridgehead atoms. The SMILES string of the molecule is CNC(=O)c1cccc(CNC(=O)C(C)Oc2ccc(-c3ccccc3)cc2)c1. The Bertz CT molecular complexity index is 969. The predicted molar refractivity (Wildman–Crippen MR) is 114 cm³/mol. The molecule has 0 aliphatic rings. The first-order valence-electron chi connectivity index (χ1n) is 9.47. The van der Waals surface area contributed by atoms with Crippen LogP contribution < -0.4 is 15.4 Å². The van der Waals surface area contributed by atoms with Gasteiger partial charge < -0.3 is 15.4 Å². The summed E-state index contributed by atoms with van der Waals surface area (Å²) in [5.41, 5.74) is 3.62. The second kappa shape index (κ2) is 9.55. The van der Waals surface area contributed by atoms with Crippen molar-refractivity contribution in [2.45, 2.75) is 19.6 Å². The Morgan fingerprint density at radius 1 is 0.897 bits per heavy atom. The minimum Gasteiger partial charge on any atom is -0.481 e. The van der Waals surface area contributed by atoms with E-state index in [1.807, 2.05) is 60.7 Å². The number of nitrogens with one attached hydrogen (secondary N) is 2. The molecule has 3 aromatic carbocycles. The lowest BCUT2D eigenvalue weighted by atomic mass is 10.1. The third-order valence-corrected chi connectivity index (χ3v) is 4.53. The van der Waals surface area contributed by atoms with Gasteiger partial charge in [-0.25, -0.2) is 0 Å². The van der Waals surface area contributed by atoms with E-state index >= 15 is 0 Å². The first-order valence-corrected chi connectivity index (χ1v) is 9.47. The van der Waals surface area contributed by atoms with Crippen LogP contribution in [0.1, 0.15) is 22.8 Å². The summed E-state index contributed by atoms with van der Waals surface area (Å²) >= 11 is 0. The zero-order valence-corrected chi connectivity index (χ0v) is 16.5. The average molecular weight is 388 g/mol. The van der Waals surface area contributed by atoms with E-state index < -0.39 is 6.10 Å². The fraction of sp³-hybridized carbons (Fsp3) is 0.167. The van der Waals surface area contributed by atoms with Crippen molar-refractivity contribution in [3.63, 3.8) is 0 Å². The van der Waals surface area contributed by atoms with E-state index in [9.17, 15) is 9.59 Å². The molecule has 5 heteroatoms. The fourth-order valence-electron chi connectivity index (χ4n) is 2.91. The van der Waals surface area contributed by atoms with E-state index in [1.54, 1.807) is 32.2 Å². The molecular formula is C24H24N2O3. The predicted octanol–water partition coefficient (Wildman–Crippen LogP) is 3.80. The summed E-state index contributed by atoms with van der Waals surface area (Å²) in [5.74, 6) is 0.255. The van der Waals surface area contributed by atoms with Gasteiger partial charge in [0.25, 0.3) is 11.8 Å². The molecule has 1 atom stereocenters. The van der Waals surface area contributed by atoms with Gasteiger partial charge in [0.15, 0.2) is 6.10 Å². The standard InChI is InChI=1S/C24H24N2O3/c1-17(23(27)26-16-18-7-6-10-21(15-18)24(28)25-2)29-22-13-11-20(12-14-22)19-8-4-3-5-9-19/h3-15,17H,16H2,1-2H3,(H,25,28)(H,26,27). The molecule has 0 saturated carbocycles. The Kier molecular flexibility index (Phi) is 6.63. The van der Waals surface area contributed by atoms with Crippen molar-refractivity contribution in [3.8, 4) is 16.9 Å². The first kappa shape index (κ1) is 20.1. The lowest BCUT2D eigenvalue weighted by molar-refractivity contribution is -0.127. The Morgan fingerprint density at radius 2 is 1.59 bits per heavy atom. The third-order valence-electron chi connectivity index (χ3n) is 4.53. The molecule has 1 unspecified atom stereocenters. The number of ether oxygens (including phenoxy) is 1. The zero-order chi connectivity index (χ0) is 20.6. The minimum absolute atomic E-state index is 0.158. The van der Waals surface area contributed by atoms with Gasteiger partial charge in [0.1, 0.15) is 5.75 Å². The Balaban J connectivity index is 1.55. The smallest absolute Gasteiger partial charge is 0.261 e. The number of carbonyl (C=O) groups is 2. The molecular weight excluding hydrogens is 364 g/mol. The Hall–Kier alpha value is -3.60. The molecule has 0 aliphatic heterocycles. The van der Waals surface area contributed by atoms with Crippen molar-refractivity contribution in [3.05, 3.63) is 90.0 Å². The van der Waals surface area contributed by atoms with Gasteiger partial charge in [0.05, 0.1) is 0 Å². The van der Waals surface area contributed by atoms with Gasteiger partial charge in [-0.1, -0.05) is 54.6 Å². The number of benzene rings is 3. The van der Waals surface area contributed by atoms with Crippen molar-refractivity contribution in [1.29, 1.82) is 0 Å². The molecule has 0 spiro atoms. The summed E-state index contributed by atoms with van der Waals surface area (Å²) in [6, 6.07) is 24.9. The molecule has 0 heterocycles. The van der Waals surface area contributed by atoms with Crippen molar-refractivity contribution < 1.29 is 14.3 Å². The van der Waals surface area contributed by atoms with Crippen LogP contribution in [0, 0.1) is 0 Å². The first-order chi connectivity index (χ1) is 14.1. The summed E-state index contributed by atoms with van der Waals surface area (Å²) in [6.07, 6.45) is -0.639. The molecule has 0 fully saturated rings. The maximum atomic E-state index is 12.4. The second-order valence-electron chi connectivity index (χ2n) is 6.65. The number of amides is 2. The van der Waals surface area contributed by atoms with E-state index in [2.05, 4.69) is 10.6 Å². The van der Waals surface area contributed by atoms with Crippen LogP contribution in [0.15, 0.2) is 78.9 Å². The summed E-state index contributed by atoms with van der Waals surface area (Å²) < 4.78 is 5.76. The number of hydrogen-bond acceptors (Lipinski definition) is 3. The maximum Gasteiger partial charge on any atom is 0.261 e. The minimum atomic E-state index is -0.639. The monoisotopic (exact) mass is 388 g/mol. The van der Waals surface area contributed by atoms with Gasteiger partial charge in [-0.2, -0.15) is 0 Å². The molecule has 29 heavy (non-hydrogen) atoms. The van der Waals surface area contributed by atoms with E-state index in [1.165, 1.54) is 0 Å². The Morgan fingerprint density at radius 3 is 2.28 bits per heavy atom. The number of hydrogen-bond donors (Lipinski definition) is 2. The lowest BCUT2D eigenvalue weighted by Crippen LogP contribution is -2.35. The molecule has 148 valence electrons. The van der Waals surface area contributed by atoms with Crippen LogP contribution in [-0.4, -0.2) is 25.0 Å². The van der Waals surface area contributed by atoms with Crippen LogP contribution in [-0.2, 0) is 11.3 Å². The van der Waals surface area contributed by atoms with Crippen LogP contribution in [0.25, 0.3) is 11.1 Å². The van der Waals surface area contributed by atoms with Gasteiger partial charge >= 0.3 is 0 Å². The van der Waals surface area contributed by atoms with Gasteiger partial charge in [-0.15, -0.1) is 0 Å². The highest BCUT2D eigenvalue weighted by atomic mass is 16.5. The average Bonchev–Trinajstić information content (AvgIpc) is 2.78. The topological polar surface area (TPSA) is 67.4 Å². The highest BCUT2D eigenvalue weighted by molar-refractivity contribution is 5.94. The molecule has 5 nitrogen and oxygen atoms in total. The molecule has 0 saturated heterocycles. The molecule has 0 aliphatic carbocycles. The zero-order valence-electron chi connectivity index (χ0n) is 16.5. The van der Waals surface area contributed by atoms with Gasteiger partial charge in [0, 0.05) is 19.2 Å².